The Morgan fingerprint density at radius 3 is 2.48 bits per heavy atom. The van der Waals surface area contributed by atoms with E-state index in [2.05, 4.69) is 0 Å². The van der Waals surface area contributed by atoms with Gasteiger partial charge in [0.1, 0.15) is 17.5 Å². The van der Waals surface area contributed by atoms with Crippen molar-refractivity contribution in [2.45, 2.75) is 51.3 Å². The van der Waals surface area contributed by atoms with Crippen LogP contribution in [-0.4, -0.2) is 34.1 Å². The zero-order chi connectivity index (χ0) is 17.2. The highest BCUT2D eigenvalue weighted by Gasteiger charge is 2.43. The van der Waals surface area contributed by atoms with Gasteiger partial charge in [0.05, 0.1) is 0 Å². The summed E-state index contributed by atoms with van der Waals surface area (Å²) in [5.74, 6) is -0.425. The summed E-state index contributed by atoms with van der Waals surface area (Å²) in [7, 11) is 0. The van der Waals surface area contributed by atoms with Gasteiger partial charge >= 0.3 is 6.09 Å². The number of nitrogens with zero attached hydrogens (tertiary/aromatic N) is 2. The van der Waals surface area contributed by atoms with Gasteiger partial charge < -0.3 is 4.74 Å². The standard InChI is InChI=1S/C16H21FN2O4/c1-16(2,3)23-15(20)18-10-4-5-13(19(21)22)14(18)11-6-8-12(17)9-7-11/h6-9,13-14H,4-5,10H2,1-3H3/t13-,14+/m1/s1. The van der Waals surface area contributed by atoms with E-state index in [0.717, 1.165) is 0 Å². The number of rotatable bonds is 2. The van der Waals surface area contributed by atoms with Crippen LogP contribution in [0.3, 0.4) is 0 Å². The second-order valence-corrected chi connectivity index (χ2v) is 6.67. The van der Waals surface area contributed by atoms with Crippen LogP contribution in [-0.2, 0) is 4.74 Å². The maximum atomic E-state index is 13.1. The Hall–Kier alpha value is -2.18. The molecule has 1 aromatic rings. The fourth-order valence-electron chi connectivity index (χ4n) is 2.78. The molecule has 0 spiro atoms. The minimum Gasteiger partial charge on any atom is -0.444 e. The average molecular weight is 324 g/mol. The summed E-state index contributed by atoms with van der Waals surface area (Å²) in [6.45, 7) is 5.60. The van der Waals surface area contributed by atoms with E-state index < -0.39 is 29.6 Å². The van der Waals surface area contributed by atoms with Gasteiger partial charge in [-0.2, -0.15) is 0 Å². The zero-order valence-electron chi connectivity index (χ0n) is 13.5. The number of hydrogen-bond acceptors (Lipinski definition) is 4. The van der Waals surface area contributed by atoms with Crippen molar-refractivity contribution in [2.24, 2.45) is 0 Å². The number of ether oxygens (including phenoxy) is 1. The van der Waals surface area contributed by atoms with E-state index in [1.165, 1.54) is 29.2 Å². The Kier molecular flexibility index (Phi) is 4.87. The van der Waals surface area contributed by atoms with Gasteiger partial charge in [0, 0.05) is 17.9 Å². The molecule has 2 atom stereocenters. The molecule has 1 aromatic carbocycles. The van der Waals surface area contributed by atoms with Crippen molar-refractivity contribution >= 4 is 6.09 Å². The van der Waals surface area contributed by atoms with Gasteiger partial charge in [0.25, 0.3) is 0 Å². The smallest absolute Gasteiger partial charge is 0.411 e. The molecule has 6 nitrogen and oxygen atoms in total. The van der Waals surface area contributed by atoms with Crippen LogP contribution in [0.25, 0.3) is 0 Å². The Morgan fingerprint density at radius 2 is 1.96 bits per heavy atom. The van der Waals surface area contributed by atoms with Crippen molar-refractivity contribution in [2.75, 3.05) is 6.54 Å². The maximum absolute atomic E-state index is 13.1. The maximum Gasteiger partial charge on any atom is 0.411 e. The van der Waals surface area contributed by atoms with Crippen molar-refractivity contribution in [1.82, 2.24) is 4.90 Å². The molecule has 0 N–H and O–H groups in total. The highest BCUT2D eigenvalue weighted by Crippen LogP contribution is 2.34. The van der Waals surface area contributed by atoms with E-state index in [1.807, 2.05) is 0 Å². The summed E-state index contributed by atoms with van der Waals surface area (Å²) in [4.78, 5) is 24.9. The Labute approximate surface area is 134 Å². The Balaban J connectivity index is 2.35. The van der Waals surface area contributed by atoms with Gasteiger partial charge in [-0.15, -0.1) is 0 Å². The third-order valence-electron chi connectivity index (χ3n) is 3.71. The van der Waals surface area contributed by atoms with Gasteiger partial charge in [0.15, 0.2) is 0 Å². The molecule has 7 heteroatoms. The zero-order valence-corrected chi connectivity index (χ0v) is 13.5. The SMILES string of the molecule is CC(C)(C)OC(=O)N1CCC[C@@H]([N+](=O)[O-])[C@@H]1c1ccc(F)cc1. The van der Waals surface area contributed by atoms with Crippen LogP contribution in [0.4, 0.5) is 9.18 Å². The third kappa shape index (κ3) is 4.18. The molecule has 126 valence electrons. The summed E-state index contributed by atoms with van der Waals surface area (Å²) >= 11 is 0. The van der Waals surface area contributed by atoms with E-state index in [9.17, 15) is 19.3 Å². The number of likely N-dealkylation sites (tertiary alicyclic amines) is 1. The number of benzene rings is 1. The normalized spacial score (nSPS) is 21.8. The second kappa shape index (κ2) is 6.52. The molecular weight excluding hydrogens is 303 g/mol. The van der Waals surface area contributed by atoms with Gasteiger partial charge in [-0.3, -0.25) is 15.0 Å². The fraction of sp³-hybridized carbons (Fsp3) is 0.562. The lowest BCUT2D eigenvalue weighted by molar-refractivity contribution is -0.534. The summed E-state index contributed by atoms with van der Waals surface area (Å²) < 4.78 is 18.5. The highest BCUT2D eigenvalue weighted by atomic mass is 19.1. The van der Waals surface area contributed by atoms with Crippen LogP contribution >= 0.6 is 0 Å². The van der Waals surface area contributed by atoms with Crippen LogP contribution in [0.1, 0.15) is 45.2 Å². The molecule has 1 amide bonds. The number of halogens is 1. The molecule has 23 heavy (non-hydrogen) atoms. The molecule has 1 heterocycles. The monoisotopic (exact) mass is 324 g/mol. The van der Waals surface area contributed by atoms with Crippen LogP contribution in [0.5, 0.6) is 0 Å². The van der Waals surface area contributed by atoms with Crippen LogP contribution in [0.2, 0.25) is 0 Å². The van der Waals surface area contributed by atoms with Crippen LogP contribution in [0.15, 0.2) is 24.3 Å². The number of hydrogen-bond donors (Lipinski definition) is 0. The van der Waals surface area contributed by atoms with E-state index in [-0.39, 0.29) is 4.92 Å². The van der Waals surface area contributed by atoms with Gasteiger partial charge in [0.2, 0.25) is 6.04 Å². The van der Waals surface area contributed by atoms with Gasteiger partial charge in [-0.25, -0.2) is 9.18 Å². The van der Waals surface area contributed by atoms with Crippen LogP contribution < -0.4 is 0 Å². The predicted molar refractivity (Wildman–Crippen MR) is 82.1 cm³/mol. The van der Waals surface area contributed by atoms with E-state index in [0.29, 0.717) is 24.9 Å². The minimum absolute atomic E-state index is 0.369. The van der Waals surface area contributed by atoms with Crippen molar-refractivity contribution in [3.8, 4) is 0 Å². The van der Waals surface area contributed by atoms with Crippen molar-refractivity contribution in [3.05, 3.63) is 45.8 Å². The largest absolute Gasteiger partial charge is 0.444 e. The molecule has 1 aliphatic rings. The predicted octanol–water partition coefficient (Wildman–Crippen LogP) is 3.54. The lowest BCUT2D eigenvalue weighted by atomic mass is 9.91. The number of piperidine rings is 1. The van der Waals surface area contributed by atoms with Crippen molar-refractivity contribution in [1.29, 1.82) is 0 Å². The molecule has 2 rings (SSSR count). The molecule has 1 fully saturated rings. The van der Waals surface area contributed by atoms with E-state index in [1.54, 1.807) is 20.8 Å². The molecule has 1 saturated heterocycles. The van der Waals surface area contributed by atoms with Gasteiger partial charge in [-0.05, 0) is 44.9 Å². The third-order valence-corrected chi connectivity index (χ3v) is 3.71. The minimum atomic E-state index is -0.929. The quantitative estimate of drug-likeness (QED) is 0.616. The van der Waals surface area contributed by atoms with Crippen molar-refractivity contribution < 1.29 is 18.8 Å². The number of nitro groups is 1. The molecule has 0 aromatic heterocycles. The first-order chi connectivity index (χ1) is 10.7. The molecule has 0 saturated carbocycles. The molecular formula is C16H21FN2O4. The summed E-state index contributed by atoms with van der Waals surface area (Å²) in [5.41, 5.74) is -0.148. The first kappa shape index (κ1) is 17.2. The highest BCUT2D eigenvalue weighted by molar-refractivity contribution is 5.69. The second-order valence-electron chi connectivity index (χ2n) is 6.67. The average Bonchev–Trinajstić information content (AvgIpc) is 2.45. The first-order valence-corrected chi connectivity index (χ1v) is 7.57. The van der Waals surface area contributed by atoms with Crippen molar-refractivity contribution in [3.63, 3.8) is 0 Å². The van der Waals surface area contributed by atoms with E-state index >= 15 is 0 Å². The summed E-state index contributed by atoms with van der Waals surface area (Å²) in [6, 6.07) is 3.77. The first-order valence-electron chi connectivity index (χ1n) is 7.57. The summed E-state index contributed by atoms with van der Waals surface area (Å²) in [6.07, 6.45) is 0.315. The topological polar surface area (TPSA) is 72.7 Å². The Morgan fingerprint density at radius 1 is 1.35 bits per heavy atom. The number of carbonyl (C=O) groups excluding carboxylic acids is 1. The summed E-state index contributed by atoms with van der Waals surface area (Å²) in [5, 5.41) is 11.4. The Bertz CT molecular complexity index is 583. The molecule has 0 unspecified atom stereocenters. The lowest BCUT2D eigenvalue weighted by Crippen LogP contribution is -2.49. The molecule has 0 bridgehead atoms. The number of amides is 1. The lowest BCUT2D eigenvalue weighted by Gasteiger charge is -2.38. The van der Waals surface area contributed by atoms with Crippen LogP contribution in [0, 0.1) is 15.9 Å². The molecule has 0 radical (unpaired) electrons. The molecule has 1 aliphatic heterocycles. The fourth-order valence-corrected chi connectivity index (χ4v) is 2.78. The molecule has 0 aliphatic carbocycles. The van der Waals surface area contributed by atoms with E-state index in [4.69, 9.17) is 4.74 Å². The van der Waals surface area contributed by atoms with Gasteiger partial charge in [-0.1, -0.05) is 12.1 Å². The number of carbonyl (C=O) groups is 1.